The summed E-state index contributed by atoms with van der Waals surface area (Å²) in [7, 11) is 1.88. The van der Waals surface area contributed by atoms with E-state index in [4.69, 9.17) is 9.47 Å². The SMILES string of the molecule is CCOc1ccc(C(NC)c2ncn[nH]2)cc1OCC. The molecule has 0 radical (unpaired) electrons. The van der Waals surface area contributed by atoms with Crippen molar-refractivity contribution in [1.29, 1.82) is 0 Å². The number of H-pyrrole nitrogens is 1. The lowest BCUT2D eigenvalue weighted by atomic mass is 10.1. The standard InChI is InChI=1S/C14H20N4O2/c1-4-19-11-7-6-10(8-12(11)20-5-2)13(15-3)14-16-9-17-18-14/h6-9,13,15H,4-5H2,1-3H3,(H,16,17,18). The molecule has 6 nitrogen and oxygen atoms in total. The Labute approximate surface area is 118 Å². The van der Waals surface area contributed by atoms with Gasteiger partial charge in [-0.3, -0.25) is 5.10 Å². The van der Waals surface area contributed by atoms with E-state index in [1.165, 1.54) is 6.33 Å². The maximum atomic E-state index is 5.64. The molecule has 0 spiro atoms. The fourth-order valence-electron chi connectivity index (χ4n) is 2.06. The Morgan fingerprint density at radius 2 is 1.95 bits per heavy atom. The lowest BCUT2D eigenvalue weighted by Crippen LogP contribution is -2.19. The normalized spacial score (nSPS) is 12.2. The van der Waals surface area contributed by atoms with E-state index >= 15 is 0 Å². The zero-order chi connectivity index (χ0) is 14.4. The summed E-state index contributed by atoms with van der Waals surface area (Å²) in [4.78, 5) is 4.20. The molecule has 2 N–H and O–H groups in total. The number of rotatable bonds is 7. The summed E-state index contributed by atoms with van der Waals surface area (Å²) < 4.78 is 11.2. The Morgan fingerprint density at radius 3 is 2.55 bits per heavy atom. The van der Waals surface area contributed by atoms with Crippen LogP contribution in [0.5, 0.6) is 11.5 Å². The van der Waals surface area contributed by atoms with Crippen LogP contribution in [0.2, 0.25) is 0 Å². The van der Waals surface area contributed by atoms with Crippen LogP contribution in [0.25, 0.3) is 0 Å². The van der Waals surface area contributed by atoms with Gasteiger partial charge in [0, 0.05) is 0 Å². The predicted octanol–water partition coefficient (Wildman–Crippen LogP) is 1.91. The van der Waals surface area contributed by atoms with Crippen molar-refractivity contribution in [3.05, 3.63) is 35.9 Å². The van der Waals surface area contributed by atoms with Crippen LogP contribution in [0.15, 0.2) is 24.5 Å². The summed E-state index contributed by atoms with van der Waals surface area (Å²) in [5.41, 5.74) is 1.04. The third-order valence-corrected chi connectivity index (χ3v) is 2.90. The minimum Gasteiger partial charge on any atom is -0.490 e. The lowest BCUT2D eigenvalue weighted by molar-refractivity contribution is 0.287. The molecule has 1 atom stereocenters. The molecule has 0 aliphatic carbocycles. The molecule has 1 heterocycles. The highest BCUT2D eigenvalue weighted by Gasteiger charge is 2.17. The maximum Gasteiger partial charge on any atom is 0.161 e. The summed E-state index contributed by atoms with van der Waals surface area (Å²) >= 11 is 0. The maximum absolute atomic E-state index is 5.64. The van der Waals surface area contributed by atoms with Gasteiger partial charge < -0.3 is 14.8 Å². The first kappa shape index (κ1) is 14.3. The van der Waals surface area contributed by atoms with Gasteiger partial charge >= 0.3 is 0 Å². The molecule has 0 bridgehead atoms. The highest BCUT2D eigenvalue weighted by Crippen LogP contribution is 2.31. The quantitative estimate of drug-likeness (QED) is 0.808. The zero-order valence-corrected chi connectivity index (χ0v) is 12.0. The second kappa shape index (κ2) is 6.91. The molecular weight excluding hydrogens is 256 g/mol. The first-order valence-corrected chi connectivity index (χ1v) is 6.72. The molecular formula is C14H20N4O2. The van der Waals surface area contributed by atoms with E-state index in [1.807, 2.05) is 39.1 Å². The molecule has 1 aromatic carbocycles. The Bertz CT molecular complexity index is 528. The molecule has 20 heavy (non-hydrogen) atoms. The van der Waals surface area contributed by atoms with Crippen LogP contribution in [0.3, 0.4) is 0 Å². The van der Waals surface area contributed by atoms with Crippen molar-refractivity contribution in [2.45, 2.75) is 19.9 Å². The number of benzene rings is 1. The molecule has 2 rings (SSSR count). The highest BCUT2D eigenvalue weighted by atomic mass is 16.5. The van der Waals surface area contributed by atoms with Crippen molar-refractivity contribution >= 4 is 0 Å². The highest BCUT2D eigenvalue weighted by molar-refractivity contribution is 5.45. The van der Waals surface area contributed by atoms with Crippen LogP contribution in [0, 0.1) is 0 Å². The first-order valence-electron chi connectivity index (χ1n) is 6.72. The van der Waals surface area contributed by atoms with E-state index in [-0.39, 0.29) is 6.04 Å². The summed E-state index contributed by atoms with van der Waals surface area (Å²) in [5, 5.41) is 9.98. The smallest absolute Gasteiger partial charge is 0.161 e. The lowest BCUT2D eigenvalue weighted by Gasteiger charge is -2.17. The number of hydrogen-bond donors (Lipinski definition) is 2. The molecule has 0 saturated heterocycles. The zero-order valence-electron chi connectivity index (χ0n) is 12.0. The van der Waals surface area contributed by atoms with E-state index in [9.17, 15) is 0 Å². The van der Waals surface area contributed by atoms with E-state index < -0.39 is 0 Å². The average molecular weight is 276 g/mol. The topological polar surface area (TPSA) is 72.1 Å². The predicted molar refractivity (Wildman–Crippen MR) is 76.1 cm³/mol. The third-order valence-electron chi connectivity index (χ3n) is 2.90. The van der Waals surface area contributed by atoms with Gasteiger partial charge in [-0.15, -0.1) is 0 Å². The van der Waals surface area contributed by atoms with Crippen LogP contribution in [-0.4, -0.2) is 35.4 Å². The minimum atomic E-state index is -0.0626. The first-order chi connectivity index (χ1) is 9.80. The van der Waals surface area contributed by atoms with Crippen LogP contribution in [-0.2, 0) is 0 Å². The fraction of sp³-hybridized carbons (Fsp3) is 0.429. The molecule has 0 aliphatic rings. The molecule has 6 heteroatoms. The van der Waals surface area contributed by atoms with Crippen molar-refractivity contribution in [2.24, 2.45) is 0 Å². The van der Waals surface area contributed by atoms with Crippen LogP contribution in [0.1, 0.15) is 31.3 Å². The van der Waals surface area contributed by atoms with Gasteiger partial charge in [0.15, 0.2) is 11.5 Å². The van der Waals surface area contributed by atoms with Crippen molar-refractivity contribution < 1.29 is 9.47 Å². The van der Waals surface area contributed by atoms with Gasteiger partial charge in [-0.05, 0) is 38.6 Å². The number of hydrogen-bond acceptors (Lipinski definition) is 5. The second-order valence-electron chi connectivity index (χ2n) is 4.16. The van der Waals surface area contributed by atoms with Crippen LogP contribution < -0.4 is 14.8 Å². The van der Waals surface area contributed by atoms with Crippen molar-refractivity contribution in [1.82, 2.24) is 20.5 Å². The molecule has 1 unspecified atom stereocenters. The van der Waals surface area contributed by atoms with Gasteiger partial charge in [0.2, 0.25) is 0 Å². The molecule has 0 amide bonds. The number of aromatic amines is 1. The summed E-state index contributed by atoms with van der Waals surface area (Å²) in [6.07, 6.45) is 1.50. The molecule has 108 valence electrons. The van der Waals surface area contributed by atoms with Gasteiger partial charge in [-0.1, -0.05) is 6.07 Å². The second-order valence-corrected chi connectivity index (χ2v) is 4.16. The molecule has 0 saturated carbocycles. The van der Waals surface area contributed by atoms with E-state index in [0.29, 0.717) is 13.2 Å². The summed E-state index contributed by atoms with van der Waals surface area (Å²) in [6.45, 7) is 5.11. The van der Waals surface area contributed by atoms with E-state index in [1.54, 1.807) is 0 Å². The van der Waals surface area contributed by atoms with E-state index in [0.717, 1.165) is 22.9 Å². The van der Waals surface area contributed by atoms with E-state index in [2.05, 4.69) is 20.5 Å². The number of aromatic nitrogens is 3. The van der Waals surface area contributed by atoms with Crippen molar-refractivity contribution in [3.63, 3.8) is 0 Å². The summed E-state index contributed by atoms with van der Waals surface area (Å²) in [6, 6.07) is 5.83. The minimum absolute atomic E-state index is 0.0626. The molecule has 0 fully saturated rings. The average Bonchev–Trinajstić information content (AvgIpc) is 2.97. The molecule has 2 aromatic rings. The number of ether oxygens (including phenoxy) is 2. The van der Waals surface area contributed by atoms with Gasteiger partial charge in [0.05, 0.1) is 19.3 Å². The van der Waals surface area contributed by atoms with Crippen LogP contribution >= 0.6 is 0 Å². The largest absolute Gasteiger partial charge is 0.490 e. The Morgan fingerprint density at radius 1 is 1.20 bits per heavy atom. The Hall–Kier alpha value is -2.08. The molecule has 0 aliphatic heterocycles. The summed E-state index contributed by atoms with van der Waals surface area (Å²) in [5.74, 6) is 2.26. The number of nitrogens with zero attached hydrogens (tertiary/aromatic N) is 2. The number of nitrogens with one attached hydrogen (secondary N) is 2. The van der Waals surface area contributed by atoms with Crippen LogP contribution in [0.4, 0.5) is 0 Å². The molecule has 1 aromatic heterocycles. The Kier molecular flexibility index (Phi) is 4.95. The van der Waals surface area contributed by atoms with Gasteiger partial charge in [-0.25, -0.2) is 4.98 Å². The van der Waals surface area contributed by atoms with Crippen molar-refractivity contribution in [2.75, 3.05) is 20.3 Å². The Balaban J connectivity index is 2.33. The van der Waals surface area contributed by atoms with Crippen molar-refractivity contribution in [3.8, 4) is 11.5 Å². The monoisotopic (exact) mass is 276 g/mol. The van der Waals surface area contributed by atoms with Gasteiger partial charge in [0.1, 0.15) is 12.2 Å². The van der Waals surface area contributed by atoms with Gasteiger partial charge in [-0.2, -0.15) is 5.10 Å². The van der Waals surface area contributed by atoms with Gasteiger partial charge in [0.25, 0.3) is 0 Å². The third kappa shape index (κ3) is 3.08. The fourth-order valence-corrected chi connectivity index (χ4v) is 2.06.